The van der Waals surface area contributed by atoms with Crippen LogP contribution in [0.5, 0.6) is 0 Å². The Kier molecular flexibility index (Phi) is 10.3. The molecule has 0 spiro atoms. The molecule has 1 aromatic carbocycles. The summed E-state index contributed by atoms with van der Waals surface area (Å²) in [5, 5.41) is 3.27. The van der Waals surface area contributed by atoms with Gasteiger partial charge in [0.1, 0.15) is 0 Å². The summed E-state index contributed by atoms with van der Waals surface area (Å²) in [6, 6.07) is 6.21. The standard InChI is InChI=1S/C21H36NOP/c1-6-9-15-24(16-10-7-2)19(12-8-3)21(23)22-20-17(4)13-11-14-18(20)5/h11,13-14,19H,6-10,12,15-16H2,1-5H3,(H,22,23). The molecule has 1 aromatic rings. The first-order valence-corrected chi connectivity index (χ1v) is 11.4. The minimum Gasteiger partial charge on any atom is -0.325 e. The quantitative estimate of drug-likeness (QED) is 0.454. The molecule has 0 fully saturated rings. The van der Waals surface area contributed by atoms with Gasteiger partial charge in [-0.3, -0.25) is 4.79 Å². The molecule has 0 radical (unpaired) electrons. The highest BCUT2D eigenvalue weighted by molar-refractivity contribution is 7.59. The Balaban J connectivity index is 2.91. The van der Waals surface area contributed by atoms with Crippen LogP contribution >= 0.6 is 7.92 Å². The molecule has 136 valence electrons. The fourth-order valence-electron chi connectivity index (χ4n) is 3.12. The van der Waals surface area contributed by atoms with Gasteiger partial charge < -0.3 is 5.32 Å². The van der Waals surface area contributed by atoms with Crippen LogP contribution in [0.1, 0.15) is 70.4 Å². The molecule has 1 rings (SSSR count). The Labute approximate surface area is 150 Å². The van der Waals surface area contributed by atoms with Crippen molar-refractivity contribution in [1.82, 2.24) is 0 Å². The van der Waals surface area contributed by atoms with E-state index in [1.165, 1.54) is 38.0 Å². The predicted octanol–water partition coefficient (Wildman–Crippen LogP) is 6.49. The zero-order chi connectivity index (χ0) is 17.9. The smallest absolute Gasteiger partial charge is 0.231 e. The Morgan fingerprint density at radius 2 is 1.54 bits per heavy atom. The maximum absolute atomic E-state index is 13.1. The van der Waals surface area contributed by atoms with Crippen LogP contribution in [0.15, 0.2) is 18.2 Å². The monoisotopic (exact) mass is 349 g/mol. The van der Waals surface area contributed by atoms with E-state index in [4.69, 9.17) is 0 Å². The topological polar surface area (TPSA) is 29.1 Å². The number of carbonyl (C=O) groups excluding carboxylic acids is 1. The highest BCUT2D eigenvalue weighted by Gasteiger charge is 2.27. The van der Waals surface area contributed by atoms with Crippen LogP contribution in [-0.4, -0.2) is 23.9 Å². The maximum Gasteiger partial charge on any atom is 0.231 e. The second kappa shape index (κ2) is 11.6. The Morgan fingerprint density at radius 3 is 2.00 bits per heavy atom. The molecule has 3 heteroatoms. The minimum atomic E-state index is -0.209. The Bertz CT molecular complexity index is 472. The Morgan fingerprint density at radius 1 is 1.00 bits per heavy atom. The number of para-hydroxylation sites is 1. The molecule has 0 heterocycles. The summed E-state index contributed by atoms with van der Waals surface area (Å²) in [7, 11) is -0.209. The predicted molar refractivity (Wildman–Crippen MR) is 110 cm³/mol. The van der Waals surface area contributed by atoms with Gasteiger partial charge in [-0.2, -0.15) is 0 Å². The number of carbonyl (C=O) groups is 1. The lowest BCUT2D eigenvalue weighted by molar-refractivity contribution is -0.115. The lowest BCUT2D eigenvalue weighted by Crippen LogP contribution is -2.28. The zero-order valence-electron chi connectivity index (χ0n) is 16.3. The summed E-state index contributed by atoms with van der Waals surface area (Å²) < 4.78 is 0. The molecule has 0 aromatic heterocycles. The van der Waals surface area contributed by atoms with Gasteiger partial charge in [-0.15, -0.1) is 0 Å². The molecule has 2 nitrogen and oxygen atoms in total. The van der Waals surface area contributed by atoms with Gasteiger partial charge in [0, 0.05) is 5.69 Å². The Hall–Kier alpha value is -0.880. The van der Waals surface area contributed by atoms with Crippen molar-refractivity contribution in [2.24, 2.45) is 0 Å². The number of nitrogens with one attached hydrogen (secondary N) is 1. The van der Waals surface area contributed by atoms with E-state index in [-0.39, 0.29) is 19.5 Å². The summed E-state index contributed by atoms with van der Waals surface area (Å²) in [6.45, 7) is 10.9. The summed E-state index contributed by atoms with van der Waals surface area (Å²) in [4.78, 5) is 13.1. The van der Waals surface area contributed by atoms with E-state index < -0.39 is 0 Å². The van der Waals surface area contributed by atoms with Crippen molar-refractivity contribution in [3.8, 4) is 0 Å². The highest BCUT2D eigenvalue weighted by Crippen LogP contribution is 2.46. The van der Waals surface area contributed by atoms with Crippen molar-refractivity contribution in [2.45, 2.75) is 78.8 Å². The molecule has 0 aliphatic carbocycles. The van der Waals surface area contributed by atoms with Crippen LogP contribution in [0.3, 0.4) is 0 Å². The highest BCUT2D eigenvalue weighted by atomic mass is 31.1. The van der Waals surface area contributed by atoms with Gasteiger partial charge in [-0.1, -0.05) is 66.2 Å². The molecule has 1 atom stereocenters. The van der Waals surface area contributed by atoms with Crippen molar-refractivity contribution in [3.63, 3.8) is 0 Å². The van der Waals surface area contributed by atoms with Gasteiger partial charge in [0.15, 0.2) is 0 Å². The van der Waals surface area contributed by atoms with Crippen LogP contribution in [0.25, 0.3) is 0 Å². The molecule has 1 amide bonds. The van der Waals surface area contributed by atoms with E-state index in [9.17, 15) is 4.79 Å². The van der Waals surface area contributed by atoms with Crippen molar-refractivity contribution in [1.29, 1.82) is 0 Å². The maximum atomic E-state index is 13.1. The number of rotatable bonds is 11. The number of hydrogen-bond donors (Lipinski definition) is 1. The molecule has 0 bridgehead atoms. The number of anilines is 1. The van der Waals surface area contributed by atoms with Gasteiger partial charge >= 0.3 is 0 Å². The largest absolute Gasteiger partial charge is 0.325 e. The van der Waals surface area contributed by atoms with Gasteiger partial charge in [-0.25, -0.2) is 0 Å². The van der Waals surface area contributed by atoms with Crippen molar-refractivity contribution in [2.75, 3.05) is 17.6 Å². The third kappa shape index (κ3) is 6.55. The molecule has 1 unspecified atom stereocenters. The van der Waals surface area contributed by atoms with Crippen LogP contribution < -0.4 is 5.32 Å². The number of aryl methyl sites for hydroxylation is 2. The average Bonchev–Trinajstić information content (AvgIpc) is 2.56. The van der Waals surface area contributed by atoms with Gasteiger partial charge in [0.2, 0.25) is 5.91 Å². The van der Waals surface area contributed by atoms with E-state index in [0.717, 1.165) is 29.7 Å². The number of amides is 1. The first-order chi connectivity index (χ1) is 11.5. The lowest BCUT2D eigenvalue weighted by Gasteiger charge is -2.27. The first-order valence-electron chi connectivity index (χ1n) is 9.66. The minimum absolute atomic E-state index is 0.209. The molecule has 24 heavy (non-hydrogen) atoms. The fraction of sp³-hybridized carbons (Fsp3) is 0.667. The van der Waals surface area contributed by atoms with E-state index in [0.29, 0.717) is 0 Å². The van der Waals surface area contributed by atoms with Gasteiger partial charge in [-0.05, 0) is 56.6 Å². The van der Waals surface area contributed by atoms with Gasteiger partial charge in [0.25, 0.3) is 0 Å². The summed E-state index contributed by atoms with van der Waals surface area (Å²) in [6.07, 6.45) is 9.56. The third-order valence-electron chi connectivity index (χ3n) is 4.63. The molecule has 1 N–H and O–H groups in total. The normalized spacial score (nSPS) is 12.4. The van der Waals surface area contributed by atoms with Crippen LogP contribution in [0.2, 0.25) is 0 Å². The SMILES string of the molecule is CCCCP(CCCC)C(CCC)C(=O)Nc1c(C)cccc1C. The number of hydrogen-bond acceptors (Lipinski definition) is 1. The molecular formula is C21H36NOP. The van der Waals surface area contributed by atoms with Gasteiger partial charge in [0.05, 0.1) is 5.66 Å². The first kappa shape index (κ1) is 21.2. The van der Waals surface area contributed by atoms with Crippen LogP contribution in [-0.2, 0) is 4.79 Å². The number of benzene rings is 1. The summed E-state index contributed by atoms with van der Waals surface area (Å²) >= 11 is 0. The van der Waals surface area contributed by atoms with Crippen molar-refractivity contribution < 1.29 is 4.79 Å². The second-order valence-corrected chi connectivity index (χ2v) is 9.50. The average molecular weight is 349 g/mol. The summed E-state index contributed by atoms with van der Waals surface area (Å²) in [5.41, 5.74) is 3.54. The van der Waals surface area contributed by atoms with Crippen LogP contribution in [0.4, 0.5) is 5.69 Å². The molecule has 0 saturated heterocycles. The molecular weight excluding hydrogens is 313 g/mol. The van der Waals surface area contributed by atoms with E-state index in [2.05, 4.69) is 58.1 Å². The van der Waals surface area contributed by atoms with E-state index in [1.807, 2.05) is 0 Å². The molecule has 0 saturated carbocycles. The number of unbranched alkanes of at least 4 members (excludes halogenated alkanes) is 2. The molecule has 0 aliphatic heterocycles. The van der Waals surface area contributed by atoms with E-state index >= 15 is 0 Å². The van der Waals surface area contributed by atoms with Crippen LogP contribution in [0, 0.1) is 13.8 Å². The fourth-order valence-corrected chi connectivity index (χ4v) is 6.43. The lowest BCUT2D eigenvalue weighted by atomic mass is 10.1. The van der Waals surface area contributed by atoms with E-state index in [1.54, 1.807) is 0 Å². The van der Waals surface area contributed by atoms with Crippen molar-refractivity contribution in [3.05, 3.63) is 29.3 Å². The third-order valence-corrected chi connectivity index (χ3v) is 7.79. The zero-order valence-corrected chi connectivity index (χ0v) is 17.2. The molecule has 0 aliphatic rings. The van der Waals surface area contributed by atoms with Crippen molar-refractivity contribution >= 4 is 19.5 Å². The second-order valence-electron chi connectivity index (χ2n) is 6.80. The summed E-state index contributed by atoms with van der Waals surface area (Å²) in [5.74, 6) is 0.257.